The van der Waals surface area contributed by atoms with Gasteiger partial charge in [0.1, 0.15) is 0 Å². The molecule has 0 saturated carbocycles. The Labute approximate surface area is 173 Å². The fourth-order valence-electron chi connectivity index (χ4n) is 3.61. The van der Waals surface area contributed by atoms with Crippen LogP contribution in [0.4, 0.5) is 5.69 Å². The minimum Gasteiger partial charge on any atom is -0.379 e. The number of anilines is 1. The molecule has 2 aromatic rings. The summed E-state index contributed by atoms with van der Waals surface area (Å²) in [7, 11) is 0. The number of imide groups is 1. The Morgan fingerprint density at radius 2 is 1.48 bits per heavy atom. The molecule has 3 rings (SSSR count). The number of rotatable bonds is 10. The number of para-hydroxylation sites is 1. The topological polar surface area (TPSA) is 49.9 Å². The largest absolute Gasteiger partial charge is 0.379 e. The summed E-state index contributed by atoms with van der Waals surface area (Å²) >= 11 is 0. The summed E-state index contributed by atoms with van der Waals surface area (Å²) in [6.07, 6.45) is 0.590. The van der Waals surface area contributed by atoms with E-state index >= 15 is 0 Å². The zero-order valence-electron chi connectivity index (χ0n) is 17.3. The highest BCUT2D eigenvalue weighted by atomic mass is 16.5. The van der Waals surface area contributed by atoms with Crippen molar-refractivity contribution in [1.82, 2.24) is 4.90 Å². The zero-order chi connectivity index (χ0) is 20.6. The van der Waals surface area contributed by atoms with Gasteiger partial charge in [-0.05, 0) is 23.6 Å². The third kappa shape index (κ3) is 5.91. The second kappa shape index (κ2) is 10.2. The molecule has 0 N–H and O–H groups in total. The van der Waals surface area contributed by atoms with Gasteiger partial charge in [-0.1, -0.05) is 62.4 Å². The molecule has 0 bridgehead atoms. The molecule has 1 aliphatic rings. The summed E-state index contributed by atoms with van der Waals surface area (Å²) in [6, 6.07) is 20.0. The smallest absolute Gasteiger partial charge is 0.230 e. The van der Waals surface area contributed by atoms with E-state index in [0.717, 1.165) is 5.69 Å². The quantitative estimate of drug-likeness (QED) is 0.574. The molecular weight excluding hydrogens is 364 g/mol. The van der Waals surface area contributed by atoms with Crippen molar-refractivity contribution in [2.45, 2.75) is 39.3 Å². The van der Waals surface area contributed by atoms with Gasteiger partial charge in [-0.2, -0.15) is 0 Å². The Morgan fingerprint density at radius 1 is 0.897 bits per heavy atom. The van der Waals surface area contributed by atoms with Crippen LogP contribution in [0.5, 0.6) is 0 Å². The van der Waals surface area contributed by atoms with Gasteiger partial charge in [0.15, 0.2) is 0 Å². The van der Waals surface area contributed by atoms with Gasteiger partial charge in [0.2, 0.25) is 11.8 Å². The first-order valence-electron chi connectivity index (χ1n) is 10.3. The van der Waals surface area contributed by atoms with Crippen LogP contribution < -0.4 is 4.90 Å². The molecule has 1 fully saturated rings. The predicted octanol–water partition coefficient (Wildman–Crippen LogP) is 3.88. The second-order valence-electron chi connectivity index (χ2n) is 7.94. The van der Waals surface area contributed by atoms with Crippen molar-refractivity contribution in [2.24, 2.45) is 5.92 Å². The van der Waals surface area contributed by atoms with Crippen LogP contribution in [0.2, 0.25) is 0 Å². The number of benzene rings is 2. The van der Waals surface area contributed by atoms with Gasteiger partial charge in [-0.3, -0.25) is 14.5 Å². The van der Waals surface area contributed by atoms with Crippen LogP contribution in [0.15, 0.2) is 60.7 Å². The van der Waals surface area contributed by atoms with E-state index in [-0.39, 0.29) is 17.9 Å². The van der Waals surface area contributed by atoms with Crippen molar-refractivity contribution in [3.05, 3.63) is 66.2 Å². The average molecular weight is 395 g/mol. The highest BCUT2D eigenvalue weighted by molar-refractivity contribution is 6.02. The summed E-state index contributed by atoms with van der Waals surface area (Å²) in [5, 5.41) is 0. The standard InChI is InChI=1S/C24H30N2O3/c1-19(2)17-29-18-22(26-23(27)13-14-24(26)28)16-25(21-11-7-4-8-12-21)15-20-9-5-3-6-10-20/h3-12,19,22H,13-18H2,1-2H3/t22-/m1/s1. The molecule has 5 heteroatoms. The molecule has 29 heavy (non-hydrogen) atoms. The molecule has 5 nitrogen and oxygen atoms in total. The van der Waals surface area contributed by atoms with Crippen LogP contribution >= 0.6 is 0 Å². The van der Waals surface area contributed by atoms with Gasteiger partial charge in [-0.15, -0.1) is 0 Å². The van der Waals surface area contributed by atoms with Gasteiger partial charge in [0, 0.05) is 38.2 Å². The van der Waals surface area contributed by atoms with Crippen LogP contribution in [0.25, 0.3) is 0 Å². The highest BCUT2D eigenvalue weighted by Gasteiger charge is 2.36. The Morgan fingerprint density at radius 3 is 2.07 bits per heavy atom. The predicted molar refractivity (Wildman–Crippen MR) is 114 cm³/mol. The molecule has 2 aromatic carbocycles. The fourth-order valence-corrected chi connectivity index (χ4v) is 3.61. The first kappa shape index (κ1) is 21.1. The van der Waals surface area contributed by atoms with Crippen molar-refractivity contribution in [3.63, 3.8) is 0 Å². The SMILES string of the molecule is CC(C)COC[C@@H](CN(Cc1ccccc1)c1ccccc1)N1C(=O)CCC1=O. The van der Waals surface area contributed by atoms with Gasteiger partial charge < -0.3 is 9.64 Å². The van der Waals surface area contributed by atoms with Gasteiger partial charge in [-0.25, -0.2) is 0 Å². The fraction of sp³-hybridized carbons (Fsp3) is 0.417. The number of hydrogen-bond acceptors (Lipinski definition) is 4. The molecule has 0 aliphatic carbocycles. The molecule has 1 heterocycles. The zero-order valence-corrected chi connectivity index (χ0v) is 17.3. The average Bonchev–Trinajstić information content (AvgIpc) is 3.06. The second-order valence-corrected chi connectivity index (χ2v) is 7.94. The van der Waals surface area contributed by atoms with E-state index in [4.69, 9.17) is 4.74 Å². The molecule has 2 amide bonds. The van der Waals surface area contributed by atoms with Gasteiger partial charge >= 0.3 is 0 Å². The van der Waals surface area contributed by atoms with E-state index < -0.39 is 0 Å². The van der Waals surface area contributed by atoms with E-state index in [0.29, 0.717) is 45.1 Å². The van der Waals surface area contributed by atoms with Gasteiger partial charge in [0.05, 0.1) is 12.6 Å². The number of ether oxygens (including phenoxy) is 1. The van der Waals surface area contributed by atoms with Crippen LogP contribution in [-0.4, -0.2) is 42.5 Å². The maximum absolute atomic E-state index is 12.4. The van der Waals surface area contributed by atoms with E-state index in [1.54, 1.807) is 0 Å². The monoisotopic (exact) mass is 394 g/mol. The van der Waals surface area contributed by atoms with E-state index in [1.165, 1.54) is 10.5 Å². The molecule has 1 aliphatic heterocycles. The van der Waals surface area contributed by atoms with E-state index in [2.05, 4.69) is 43.0 Å². The van der Waals surface area contributed by atoms with Crippen molar-refractivity contribution in [2.75, 3.05) is 24.7 Å². The Bertz CT molecular complexity index is 776. The van der Waals surface area contributed by atoms with Crippen LogP contribution in [0.3, 0.4) is 0 Å². The van der Waals surface area contributed by atoms with Crippen molar-refractivity contribution < 1.29 is 14.3 Å². The van der Waals surface area contributed by atoms with Crippen molar-refractivity contribution >= 4 is 17.5 Å². The molecule has 154 valence electrons. The number of amides is 2. The summed E-state index contributed by atoms with van der Waals surface area (Å²) in [5.41, 5.74) is 2.24. The lowest BCUT2D eigenvalue weighted by Gasteiger charge is -2.33. The van der Waals surface area contributed by atoms with Crippen LogP contribution in [0.1, 0.15) is 32.3 Å². The van der Waals surface area contributed by atoms with Crippen molar-refractivity contribution in [1.29, 1.82) is 0 Å². The molecular formula is C24H30N2O3. The molecule has 0 aromatic heterocycles. The number of carbonyl (C=O) groups is 2. The van der Waals surface area contributed by atoms with Crippen molar-refractivity contribution in [3.8, 4) is 0 Å². The third-order valence-electron chi connectivity index (χ3n) is 4.99. The first-order valence-corrected chi connectivity index (χ1v) is 10.3. The molecule has 0 spiro atoms. The van der Waals surface area contributed by atoms with Crippen LogP contribution in [-0.2, 0) is 20.9 Å². The lowest BCUT2D eigenvalue weighted by Crippen LogP contribution is -2.49. The maximum Gasteiger partial charge on any atom is 0.230 e. The number of carbonyl (C=O) groups excluding carboxylic acids is 2. The third-order valence-corrected chi connectivity index (χ3v) is 4.99. The minimum atomic E-state index is -0.305. The van der Waals surface area contributed by atoms with E-state index in [1.807, 2.05) is 36.4 Å². The lowest BCUT2D eigenvalue weighted by molar-refractivity contribution is -0.142. The molecule has 1 saturated heterocycles. The summed E-state index contributed by atoms with van der Waals surface area (Å²) in [5.74, 6) is 0.205. The maximum atomic E-state index is 12.4. The summed E-state index contributed by atoms with van der Waals surface area (Å²) in [4.78, 5) is 28.5. The van der Waals surface area contributed by atoms with E-state index in [9.17, 15) is 9.59 Å². The first-order chi connectivity index (χ1) is 14.0. The highest BCUT2D eigenvalue weighted by Crippen LogP contribution is 2.22. The van der Waals surface area contributed by atoms with Crippen LogP contribution in [0, 0.1) is 5.92 Å². The normalized spacial score (nSPS) is 15.2. The molecule has 0 unspecified atom stereocenters. The summed E-state index contributed by atoms with van der Waals surface area (Å²) < 4.78 is 5.88. The molecule has 1 atom stereocenters. The summed E-state index contributed by atoms with van der Waals surface area (Å²) in [6.45, 7) is 6.38. The lowest BCUT2D eigenvalue weighted by atomic mass is 10.1. The number of likely N-dealkylation sites (tertiary alicyclic amines) is 1. The Kier molecular flexibility index (Phi) is 7.42. The number of hydrogen-bond donors (Lipinski definition) is 0. The molecule has 0 radical (unpaired) electrons. The Balaban J connectivity index is 1.83. The van der Waals surface area contributed by atoms with Gasteiger partial charge in [0.25, 0.3) is 0 Å². The minimum absolute atomic E-state index is 0.0964. The Hall–Kier alpha value is -2.66. The number of nitrogens with zero attached hydrogens (tertiary/aromatic N) is 2.